The fourth-order valence-electron chi connectivity index (χ4n) is 4.85. The number of esters is 1. The van der Waals surface area contributed by atoms with Gasteiger partial charge in [0.25, 0.3) is 0 Å². The molecular formula is C26H30F3NO2. The van der Waals surface area contributed by atoms with Crippen molar-refractivity contribution >= 4 is 5.97 Å². The lowest BCUT2D eigenvalue weighted by Crippen LogP contribution is -2.29. The predicted octanol–water partition coefficient (Wildman–Crippen LogP) is 7.05. The third-order valence-corrected chi connectivity index (χ3v) is 6.78. The lowest BCUT2D eigenvalue weighted by atomic mass is 9.79. The number of benzene rings is 1. The number of carbonyl (C=O) groups excluding carboxylic acids is 1. The van der Waals surface area contributed by atoms with Gasteiger partial charge in [-0.1, -0.05) is 18.2 Å². The Morgan fingerprint density at radius 3 is 2.44 bits per heavy atom. The van der Waals surface area contributed by atoms with Crippen LogP contribution in [0.3, 0.4) is 0 Å². The largest absolute Gasteiger partial charge is 0.462 e. The van der Waals surface area contributed by atoms with Gasteiger partial charge in [0.15, 0.2) is 17.5 Å². The molecule has 2 saturated carbocycles. The van der Waals surface area contributed by atoms with E-state index in [1.807, 2.05) is 6.08 Å². The van der Waals surface area contributed by atoms with E-state index in [0.29, 0.717) is 5.92 Å². The summed E-state index contributed by atoms with van der Waals surface area (Å²) in [5.41, 5.74) is 0.813. The molecule has 0 amide bonds. The zero-order chi connectivity index (χ0) is 22.9. The van der Waals surface area contributed by atoms with E-state index >= 15 is 0 Å². The van der Waals surface area contributed by atoms with Crippen molar-refractivity contribution < 1.29 is 22.7 Å². The summed E-state index contributed by atoms with van der Waals surface area (Å²) in [6.07, 6.45) is 13.1. The Bertz CT molecular complexity index is 874. The highest BCUT2D eigenvalue weighted by molar-refractivity contribution is 5.72. The number of ether oxygens (including phenoxy) is 1. The Balaban J connectivity index is 1.35. The maximum absolute atomic E-state index is 13.5. The average molecular weight is 446 g/mol. The highest BCUT2D eigenvalue weighted by Gasteiger charge is 2.31. The van der Waals surface area contributed by atoms with E-state index in [1.165, 1.54) is 24.3 Å². The number of carbonyl (C=O) groups is 1. The van der Waals surface area contributed by atoms with Crippen LogP contribution in [0.25, 0.3) is 0 Å². The van der Waals surface area contributed by atoms with Crippen LogP contribution in [0.2, 0.25) is 0 Å². The first-order valence-corrected chi connectivity index (χ1v) is 11.5. The second-order valence-corrected chi connectivity index (χ2v) is 8.93. The van der Waals surface area contributed by atoms with E-state index in [4.69, 9.17) is 10.00 Å². The van der Waals surface area contributed by atoms with Gasteiger partial charge >= 0.3 is 5.97 Å². The number of hydrogen-bond acceptors (Lipinski definition) is 3. The SMILES string of the molecule is N#CC(F)=CC=CCC[C@H]1CC[C@H](C(=O)O[C@H]2CC[C@H](c3ccc(F)c(F)c3)CC2)CC1. The molecule has 6 heteroatoms. The normalized spacial score (nSPS) is 26.6. The molecule has 32 heavy (non-hydrogen) atoms. The number of rotatable bonds is 7. The van der Waals surface area contributed by atoms with Crippen LogP contribution in [0.5, 0.6) is 0 Å². The molecule has 0 N–H and O–H groups in total. The minimum absolute atomic E-state index is 0.0432. The van der Waals surface area contributed by atoms with Crippen molar-refractivity contribution in [3.63, 3.8) is 0 Å². The van der Waals surface area contributed by atoms with Crippen LogP contribution in [-0.2, 0) is 9.53 Å². The standard InChI is InChI=1S/C26H30F3NO2/c27-22(17-30)5-3-1-2-4-18-6-8-20(9-7-18)26(31)32-23-13-10-19(11-14-23)21-12-15-24(28)25(29)16-21/h1,3,5,12,15-16,18-20,23H,2,4,6-11,13-14H2/t18-,19-,20-,23-. The molecule has 0 radical (unpaired) electrons. The molecule has 0 atom stereocenters. The van der Waals surface area contributed by atoms with Gasteiger partial charge in [0.2, 0.25) is 0 Å². The summed E-state index contributed by atoms with van der Waals surface area (Å²) >= 11 is 0. The van der Waals surface area contributed by atoms with Crippen LogP contribution in [0.1, 0.15) is 75.7 Å². The second kappa shape index (κ2) is 11.9. The molecule has 0 unspecified atom stereocenters. The topological polar surface area (TPSA) is 50.1 Å². The van der Waals surface area contributed by atoms with Crippen molar-refractivity contribution in [3.8, 4) is 6.07 Å². The Morgan fingerprint density at radius 1 is 1.06 bits per heavy atom. The minimum Gasteiger partial charge on any atom is -0.462 e. The molecule has 0 aromatic heterocycles. The molecule has 2 fully saturated rings. The van der Waals surface area contributed by atoms with Gasteiger partial charge in [-0.3, -0.25) is 4.79 Å². The summed E-state index contributed by atoms with van der Waals surface area (Å²) in [5.74, 6) is -1.84. The lowest BCUT2D eigenvalue weighted by Gasteiger charge is -2.31. The van der Waals surface area contributed by atoms with Gasteiger partial charge in [-0.25, -0.2) is 8.78 Å². The number of allylic oxidation sites excluding steroid dienone is 4. The number of halogens is 3. The zero-order valence-electron chi connectivity index (χ0n) is 18.2. The van der Waals surface area contributed by atoms with E-state index in [-0.39, 0.29) is 23.9 Å². The molecule has 0 aliphatic heterocycles. The fourth-order valence-corrected chi connectivity index (χ4v) is 4.85. The van der Waals surface area contributed by atoms with Gasteiger partial charge in [0.05, 0.1) is 5.92 Å². The number of hydrogen-bond donors (Lipinski definition) is 0. The highest BCUT2D eigenvalue weighted by atomic mass is 19.2. The Kier molecular flexibility index (Phi) is 8.96. The number of nitriles is 1. The van der Waals surface area contributed by atoms with Gasteiger partial charge in [0, 0.05) is 0 Å². The molecular weight excluding hydrogens is 415 g/mol. The van der Waals surface area contributed by atoms with Crippen LogP contribution >= 0.6 is 0 Å². The summed E-state index contributed by atoms with van der Waals surface area (Å²) in [5, 5.41) is 8.36. The molecule has 0 heterocycles. The molecule has 0 saturated heterocycles. The van der Waals surface area contributed by atoms with E-state index < -0.39 is 17.5 Å². The first kappa shape index (κ1) is 24.1. The quantitative estimate of drug-likeness (QED) is 0.257. The Labute approximate surface area is 188 Å². The van der Waals surface area contributed by atoms with Crippen LogP contribution in [0.4, 0.5) is 13.2 Å². The summed E-state index contributed by atoms with van der Waals surface area (Å²) in [6, 6.07) is 5.54. The van der Waals surface area contributed by atoms with Crippen molar-refractivity contribution in [2.75, 3.05) is 0 Å². The lowest BCUT2D eigenvalue weighted by molar-refractivity contribution is -0.157. The number of nitrogens with zero attached hydrogens (tertiary/aromatic N) is 1. The van der Waals surface area contributed by atoms with Crippen LogP contribution in [-0.4, -0.2) is 12.1 Å². The molecule has 0 bridgehead atoms. The summed E-state index contributed by atoms with van der Waals surface area (Å²) in [6.45, 7) is 0. The van der Waals surface area contributed by atoms with Gasteiger partial charge < -0.3 is 4.74 Å². The molecule has 3 nitrogen and oxygen atoms in total. The van der Waals surface area contributed by atoms with E-state index in [1.54, 1.807) is 12.1 Å². The van der Waals surface area contributed by atoms with E-state index in [0.717, 1.165) is 69.8 Å². The molecule has 1 aromatic carbocycles. The van der Waals surface area contributed by atoms with Crippen molar-refractivity contribution in [2.24, 2.45) is 11.8 Å². The van der Waals surface area contributed by atoms with Crippen molar-refractivity contribution in [3.05, 3.63) is 59.5 Å². The third-order valence-electron chi connectivity index (χ3n) is 6.78. The molecule has 1 aromatic rings. The summed E-state index contributed by atoms with van der Waals surface area (Å²) in [4.78, 5) is 12.6. The molecule has 3 rings (SSSR count). The van der Waals surface area contributed by atoms with Gasteiger partial charge in [0.1, 0.15) is 12.2 Å². The van der Waals surface area contributed by atoms with Crippen LogP contribution in [0.15, 0.2) is 42.3 Å². The van der Waals surface area contributed by atoms with Crippen molar-refractivity contribution in [2.45, 2.75) is 76.2 Å². The molecule has 2 aliphatic rings. The van der Waals surface area contributed by atoms with Gasteiger partial charge in [-0.15, -0.1) is 0 Å². The highest BCUT2D eigenvalue weighted by Crippen LogP contribution is 2.36. The molecule has 2 aliphatic carbocycles. The second-order valence-electron chi connectivity index (χ2n) is 8.93. The Morgan fingerprint density at radius 2 is 1.78 bits per heavy atom. The maximum Gasteiger partial charge on any atom is 0.309 e. The molecule has 0 spiro atoms. The first-order valence-electron chi connectivity index (χ1n) is 11.5. The fraction of sp³-hybridized carbons (Fsp3) is 0.538. The van der Waals surface area contributed by atoms with E-state index in [9.17, 15) is 18.0 Å². The van der Waals surface area contributed by atoms with Crippen LogP contribution < -0.4 is 0 Å². The summed E-state index contributed by atoms with van der Waals surface area (Å²) in [7, 11) is 0. The smallest absolute Gasteiger partial charge is 0.309 e. The van der Waals surface area contributed by atoms with Gasteiger partial charge in [-0.2, -0.15) is 9.65 Å². The van der Waals surface area contributed by atoms with Gasteiger partial charge in [-0.05, 0) is 99.8 Å². The molecule has 172 valence electrons. The monoisotopic (exact) mass is 445 g/mol. The van der Waals surface area contributed by atoms with Crippen LogP contribution in [0, 0.1) is 34.8 Å². The van der Waals surface area contributed by atoms with Crippen molar-refractivity contribution in [1.82, 2.24) is 0 Å². The first-order chi connectivity index (χ1) is 15.5. The van der Waals surface area contributed by atoms with E-state index in [2.05, 4.69) is 0 Å². The summed E-state index contributed by atoms with van der Waals surface area (Å²) < 4.78 is 45.1. The van der Waals surface area contributed by atoms with Crippen molar-refractivity contribution in [1.29, 1.82) is 5.26 Å². The predicted molar refractivity (Wildman–Crippen MR) is 116 cm³/mol. The zero-order valence-corrected chi connectivity index (χ0v) is 18.2. The Hall–Kier alpha value is -2.55. The third kappa shape index (κ3) is 6.98. The maximum atomic E-state index is 13.5. The average Bonchev–Trinajstić information content (AvgIpc) is 2.81. The minimum atomic E-state index is -0.828.